The van der Waals surface area contributed by atoms with Gasteiger partial charge in [-0.15, -0.1) is 0 Å². The number of rotatable bonds is 9. The number of unbranched alkanes of at least 4 members (excludes halogenated alkanes) is 3. The van der Waals surface area contributed by atoms with E-state index in [-0.39, 0.29) is 22.7 Å². The van der Waals surface area contributed by atoms with Crippen molar-refractivity contribution in [1.82, 2.24) is 0 Å². The third kappa shape index (κ3) is 4.19. The van der Waals surface area contributed by atoms with E-state index in [9.17, 15) is 8.78 Å². The Kier molecular flexibility index (Phi) is 6.22. The summed E-state index contributed by atoms with van der Waals surface area (Å²) in [5.74, 6) is -0.363. The molecule has 0 spiro atoms. The first-order valence-corrected chi connectivity index (χ1v) is 10.8. The third-order valence-electron chi connectivity index (χ3n) is 5.82. The first kappa shape index (κ1) is 20.0. The van der Waals surface area contributed by atoms with Crippen LogP contribution in [0.5, 0.6) is 11.5 Å². The molecule has 0 aliphatic heterocycles. The van der Waals surface area contributed by atoms with Crippen molar-refractivity contribution in [1.29, 1.82) is 0 Å². The molecule has 156 valence electrons. The summed E-state index contributed by atoms with van der Waals surface area (Å²) in [6, 6.07) is 6.66. The smallest absolute Gasteiger partial charge is 0.208 e. The molecule has 4 rings (SSSR count). The molecule has 0 N–H and O–H groups in total. The molecule has 1 aliphatic carbocycles. The molecule has 1 heterocycles. The summed E-state index contributed by atoms with van der Waals surface area (Å²) in [5.41, 5.74) is 0.0563. The van der Waals surface area contributed by atoms with Crippen molar-refractivity contribution < 1.29 is 22.7 Å². The second-order valence-electron chi connectivity index (χ2n) is 7.98. The molecular weight excluding hydrogens is 374 g/mol. The van der Waals surface area contributed by atoms with Crippen molar-refractivity contribution in [3.8, 4) is 11.5 Å². The fourth-order valence-corrected chi connectivity index (χ4v) is 4.12. The monoisotopic (exact) mass is 402 g/mol. The SMILES string of the molecule is CCCCCCOc1ccc2c(oc3c(F)c(OCC4CCCC4)ccc32)c1F. The van der Waals surface area contributed by atoms with Crippen LogP contribution in [0.15, 0.2) is 28.7 Å². The molecular formula is C24H28F2O3. The van der Waals surface area contributed by atoms with Crippen LogP contribution in [0.25, 0.3) is 21.9 Å². The van der Waals surface area contributed by atoms with Crippen molar-refractivity contribution in [2.24, 2.45) is 5.92 Å². The van der Waals surface area contributed by atoms with E-state index in [4.69, 9.17) is 13.9 Å². The second-order valence-corrected chi connectivity index (χ2v) is 7.98. The summed E-state index contributed by atoms with van der Waals surface area (Å²) in [4.78, 5) is 0. The molecule has 0 bridgehead atoms. The van der Waals surface area contributed by atoms with Crippen LogP contribution < -0.4 is 9.47 Å². The topological polar surface area (TPSA) is 31.6 Å². The normalized spacial score (nSPS) is 14.9. The predicted octanol–water partition coefficient (Wildman–Crippen LogP) is 7.39. The number of ether oxygens (including phenoxy) is 2. The first-order chi connectivity index (χ1) is 14.2. The largest absolute Gasteiger partial charge is 0.490 e. The van der Waals surface area contributed by atoms with Crippen molar-refractivity contribution in [2.45, 2.75) is 58.3 Å². The van der Waals surface area contributed by atoms with Gasteiger partial charge in [0, 0.05) is 10.8 Å². The number of hydrogen-bond donors (Lipinski definition) is 0. The fraction of sp³-hybridized carbons (Fsp3) is 0.500. The van der Waals surface area contributed by atoms with E-state index in [0.717, 1.165) is 38.5 Å². The zero-order chi connectivity index (χ0) is 20.2. The summed E-state index contributed by atoms with van der Waals surface area (Å²) in [7, 11) is 0. The number of furan rings is 1. The Labute approximate surface area is 170 Å². The lowest BCUT2D eigenvalue weighted by Crippen LogP contribution is -2.08. The molecule has 3 nitrogen and oxygen atoms in total. The van der Waals surface area contributed by atoms with Gasteiger partial charge in [-0.3, -0.25) is 0 Å². The van der Waals surface area contributed by atoms with Gasteiger partial charge in [-0.05, 0) is 49.4 Å². The lowest BCUT2D eigenvalue weighted by molar-refractivity contribution is 0.242. The maximum atomic E-state index is 15.0. The minimum Gasteiger partial charge on any atom is -0.490 e. The van der Waals surface area contributed by atoms with E-state index in [1.165, 1.54) is 12.8 Å². The van der Waals surface area contributed by atoms with Crippen molar-refractivity contribution in [2.75, 3.05) is 13.2 Å². The third-order valence-corrected chi connectivity index (χ3v) is 5.82. The maximum Gasteiger partial charge on any atom is 0.208 e. The Morgan fingerprint density at radius 1 is 0.862 bits per heavy atom. The standard InChI is InChI=1S/C24H28F2O3/c1-2-3-4-7-14-27-19-12-10-17-18-11-13-20(28-15-16-8-5-6-9-16)22(26)24(18)29-23(17)21(19)25/h10-13,16H,2-9,14-15H2,1H3. The molecule has 1 fully saturated rings. The van der Waals surface area contributed by atoms with Gasteiger partial charge in [0.15, 0.2) is 22.7 Å². The highest BCUT2D eigenvalue weighted by Crippen LogP contribution is 2.38. The number of hydrogen-bond acceptors (Lipinski definition) is 3. The van der Waals surface area contributed by atoms with Crippen LogP contribution in [0.1, 0.15) is 58.3 Å². The summed E-state index contributed by atoms with van der Waals surface area (Å²) in [6.07, 6.45) is 8.88. The van der Waals surface area contributed by atoms with Crippen molar-refractivity contribution in [3.63, 3.8) is 0 Å². The summed E-state index contributed by atoms with van der Waals surface area (Å²) >= 11 is 0. The van der Waals surface area contributed by atoms with Gasteiger partial charge >= 0.3 is 0 Å². The minimum absolute atomic E-state index is 0.0258. The molecule has 29 heavy (non-hydrogen) atoms. The van der Waals surface area contributed by atoms with Gasteiger partial charge in [0.25, 0.3) is 0 Å². The van der Waals surface area contributed by atoms with E-state index in [1.54, 1.807) is 24.3 Å². The van der Waals surface area contributed by atoms with E-state index in [2.05, 4.69) is 6.92 Å². The van der Waals surface area contributed by atoms with Gasteiger partial charge in [0.2, 0.25) is 11.6 Å². The molecule has 0 saturated heterocycles. The van der Waals surface area contributed by atoms with Crippen molar-refractivity contribution in [3.05, 3.63) is 35.9 Å². The summed E-state index contributed by atoms with van der Waals surface area (Å²) < 4.78 is 46.8. The van der Waals surface area contributed by atoms with E-state index < -0.39 is 11.6 Å². The molecule has 0 amide bonds. The Bertz CT molecular complexity index is 973. The van der Waals surface area contributed by atoms with Gasteiger partial charge in [-0.2, -0.15) is 8.78 Å². The molecule has 1 aliphatic rings. The van der Waals surface area contributed by atoms with E-state index in [1.807, 2.05) is 0 Å². The summed E-state index contributed by atoms with van der Waals surface area (Å²) in [6.45, 7) is 3.10. The van der Waals surface area contributed by atoms with Crippen LogP contribution in [-0.4, -0.2) is 13.2 Å². The average Bonchev–Trinajstić information content (AvgIpc) is 3.37. The molecule has 1 saturated carbocycles. The molecule has 2 aromatic carbocycles. The zero-order valence-electron chi connectivity index (χ0n) is 16.9. The Morgan fingerprint density at radius 3 is 2.10 bits per heavy atom. The van der Waals surface area contributed by atoms with Gasteiger partial charge in [-0.25, -0.2) is 0 Å². The van der Waals surface area contributed by atoms with Crippen molar-refractivity contribution >= 4 is 21.9 Å². The predicted molar refractivity (Wildman–Crippen MR) is 111 cm³/mol. The number of benzene rings is 2. The summed E-state index contributed by atoms with van der Waals surface area (Å²) in [5, 5.41) is 1.08. The van der Waals surface area contributed by atoms with Gasteiger partial charge in [0.1, 0.15) is 0 Å². The van der Waals surface area contributed by atoms with Crippen LogP contribution in [0.2, 0.25) is 0 Å². The first-order valence-electron chi connectivity index (χ1n) is 10.8. The number of fused-ring (bicyclic) bond motifs is 3. The highest BCUT2D eigenvalue weighted by molar-refractivity contribution is 6.06. The quantitative estimate of drug-likeness (QED) is 0.350. The molecule has 1 aromatic heterocycles. The zero-order valence-corrected chi connectivity index (χ0v) is 16.9. The van der Waals surface area contributed by atoms with E-state index in [0.29, 0.717) is 29.9 Å². The Hall–Kier alpha value is -2.30. The lowest BCUT2D eigenvalue weighted by atomic mass is 10.1. The fourth-order valence-electron chi connectivity index (χ4n) is 4.12. The van der Waals surface area contributed by atoms with Crippen LogP contribution >= 0.6 is 0 Å². The van der Waals surface area contributed by atoms with Gasteiger partial charge < -0.3 is 13.9 Å². The lowest BCUT2D eigenvalue weighted by Gasteiger charge is -2.11. The minimum atomic E-state index is -0.581. The molecule has 3 aromatic rings. The average molecular weight is 402 g/mol. The Balaban J connectivity index is 1.56. The maximum absolute atomic E-state index is 15.0. The van der Waals surface area contributed by atoms with Crippen LogP contribution in [0.4, 0.5) is 8.78 Å². The molecule has 0 unspecified atom stereocenters. The van der Waals surface area contributed by atoms with E-state index >= 15 is 0 Å². The van der Waals surface area contributed by atoms with Crippen LogP contribution in [-0.2, 0) is 0 Å². The number of halogens is 2. The Morgan fingerprint density at radius 2 is 1.48 bits per heavy atom. The highest BCUT2D eigenvalue weighted by atomic mass is 19.1. The van der Waals surface area contributed by atoms with Crippen LogP contribution in [0.3, 0.4) is 0 Å². The molecule has 0 radical (unpaired) electrons. The van der Waals surface area contributed by atoms with Crippen LogP contribution in [0, 0.1) is 17.6 Å². The molecule has 5 heteroatoms. The molecule has 0 atom stereocenters. The van der Waals surface area contributed by atoms with Gasteiger partial charge in [0.05, 0.1) is 13.2 Å². The second kappa shape index (κ2) is 9.02. The van der Waals surface area contributed by atoms with Gasteiger partial charge in [-0.1, -0.05) is 39.0 Å². The highest BCUT2D eigenvalue weighted by Gasteiger charge is 2.21.